The average Bonchev–Trinajstić information content (AvgIpc) is 1.87. The van der Waals surface area contributed by atoms with Gasteiger partial charge in [0.2, 0.25) is 0 Å². The molecular weight excluding hydrogens is 122 g/mol. The molecule has 1 N–H and O–H groups in total. The quantitative estimate of drug-likeness (QED) is 0.507. The van der Waals surface area contributed by atoms with E-state index in [4.69, 9.17) is 10.4 Å². The first-order chi connectivity index (χ1) is 4.22. The maximum Gasteiger partial charge on any atom is 0.335 e. The molecule has 0 saturated heterocycles. The van der Waals surface area contributed by atoms with Crippen molar-refractivity contribution in [1.29, 1.82) is 5.26 Å². The van der Waals surface area contributed by atoms with E-state index in [0.29, 0.717) is 0 Å². The van der Waals surface area contributed by atoms with Crippen molar-refractivity contribution in [2.24, 2.45) is 0 Å². The first-order valence-corrected chi connectivity index (χ1v) is 2.35. The molecule has 0 unspecified atom stereocenters. The monoisotopic (exact) mass is 129 g/mol. The van der Waals surface area contributed by atoms with Gasteiger partial charge >= 0.3 is 5.97 Å². The molecular formula is C5H7NO3. The van der Waals surface area contributed by atoms with Crippen molar-refractivity contribution in [3.05, 3.63) is 0 Å². The number of aliphatic hydroxyl groups is 1. The number of ether oxygens (including phenoxy) is 1. The predicted molar refractivity (Wildman–Crippen MR) is 28.3 cm³/mol. The lowest BCUT2D eigenvalue weighted by molar-refractivity contribution is -0.150. The molecule has 0 aromatic carbocycles. The summed E-state index contributed by atoms with van der Waals surface area (Å²) in [6, 6.07) is 1.63. The van der Waals surface area contributed by atoms with E-state index in [1.165, 1.54) is 0 Å². The molecule has 0 aromatic heterocycles. The number of carbonyl (C=O) groups is 1. The summed E-state index contributed by atoms with van der Waals surface area (Å²) in [6.45, 7) is 0. The first-order valence-electron chi connectivity index (χ1n) is 2.35. The highest BCUT2D eigenvalue weighted by atomic mass is 16.5. The number of carbonyl (C=O) groups excluding carboxylic acids is 1. The molecule has 50 valence electrons. The van der Waals surface area contributed by atoms with Gasteiger partial charge in [0.05, 0.1) is 19.6 Å². The highest BCUT2D eigenvalue weighted by Crippen LogP contribution is 1.90. The zero-order valence-corrected chi connectivity index (χ0v) is 5.00. The van der Waals surface area contributed by atoms with E-state index in [1.807, 2.05) is 0 Å². The molecule has 4 nitrogen and oxygen atoms in total. The van der Waals surface area contributed by atoms with Gasteiger partial charge in [0.15, 0.2) is 6.10 Å². The normalized spacial score (nSPS) is 11.7. The van der Waals surface area contributed by atoms with Gasteiger partial charge in [-0.1, -0.05) is 0 Å². The van der Waals surface area contributed by atoms with Crippen LogP contribution in [0, 0.1) is 11.3 Å². The number of nitrogens with zero attached hydrogens (tertiary/aromatic N) is 1. The molecule has 0 spiro atoms. The summed E-state index contributed by atoms with van der Waals surface area (Å²) in [5.41, 5.74) is 0. The topological polar surface area (TPSA) is 70.3 Å². The van der Waals surface area contributed by atoms with Crippen LogP contribution in [0.15, 0.2) is 0 Å². The molecule has 4 heteroatoms. The maximum absolute atomic E-state index is 10.3. The second kappa shape index (κ2) is 3.87. The lowest BCUT2D eigenvalue weighted by Crippen LogP contribution is -2.20. The summed E-state index contributed by atoms with van der Waals surface area (Å²) in [4.78, 5) is 10.3. The summed E-state index contributed by atoms with van der Waals surface area (Å²) in [7, 11) is 1.16. The molecule has 0 aliphatic rings. The highest BCUT2D eigenvalue weighted by molar-refractivity contribution is 5.74. The van der Waals surface area contributed by atoms with Gasteiger partial charge in [0.25, 0.3) is 0 Å². The van der Waals surface area contributed by atoms with Crippen LogP contribution in [0.3, 0.4) is 0 Å². The van der Waals surface area contributed by atoms with Crippen LogP contribution >= 0.6 is 0 Å². The van der Waals surface area contributed by atoms with Crippen molar-refractivity contribution in [3.8, 4) is 6.07 Å². The van der Waals surface area contributed by atoms with Crippen LogP contribution in [0.25, 0.3) is 0 Å². The Labute approximate surface area is 52.7 Å². The van der Waals surface area contributed by atoms with E-state index >= 15 is 0 Å². The molecule has 1 atom stereocenters. The van der Waals surface area contributed by atoms with Crippen LogP contribution < -0.4 is 0 Å². The maximum atomic E-state index is 10.3. The van der Waals surface area contributed by atoms with Crippen molar-refractivity contribution < 1.29 is 14.6 Å². The third kappa shape index (κ3) is 2.67. The molecule has 0 aliphatic carbocycles. The average molecular weight is 129 g/mol. The number of hydrogen-bond donors (Lipinski definition) is 1. The van der Waals surface area contributed by atoms with Crippen molar-refractivity contribution >= 4 is 5.97 Å². The second-order valence-corrected chi connectivity index (χ2v) is 1.40. The van der Waals surface area contributed by atoms with Gasteiger partial charge in [-0.05, 0) is 0 Å². The Morgan fingerprint density at radius 2 is 2.56 bits per heavy atom. The number of aliphatic hydroxyl groups excluding tert-OH is 1. The van der Waals surface area contributed by atoms with Gasteiger partial charge in [-0.15, -0.1) is 0 Å². The molecule has 0 bridgehead atoms. The molecule has 9 heavy (non-hydrogen) atoms. The minimum Gasteiger partial charge on any atom is -0.467 e. The standard InChI is InChI=1S/C5H7NO3/c1-9-5(8)4(7)2-3-6/h4,7H,2H2,1H3/t4-/m0/s1. The fourth-order valence-electron chi connectivity index (χ4n) is 0.306. The Kier molecular flexibility index (Phi) is 3.40. The Balaban J connectivity index is 3.62. The highest BCUT2D eigenvalue weighted by Gasteiger charge is 2.13. The minimum atomic E-state index is -1.29. The summed E-state index contributed by atoms with van der Waals surface area (Å²) in [5.74, 6) is -0.767. The third-order valence-corrected chi connectivity index (χ3v) is 0.758. The predicted octanol–water partition coefficient (Wildman–Crippen LogP) is -0.566. The summed E-state index contributed by atoms with van der Waals surface area (Å²) >= 11 is 0. The summed E-state index contributed by atoms with van der Waals surface area (Å²) < 4.78 is 4.12. The lowest BCUT2D eigenvalue weighted by atomic mass is 10.3. The Morgan fingerprint density at radius 3 is 2.89 bits per heavy atom. The van der Waals surface area contributed by atoms with Gasteiger partial charge < -0.3 is 9.84 Å². The van der Waals surface area contributed by atoms with Crippen molar-refractivity contribution in [2.75, 3.05) is 7.11 Å². The molecule has 0 amide bonds. The van der Waals surface area contributed by atoms with Gasteiger partial charge in [-0.2, -0.15) is 5.26 Å². The van der Waals surface area contributed by atoms with Crippen molar-refractivity contribution in [1.82, 2.24) is 0 Å². The Bertz CT molecular complexity index is 138. The number of hydrogen-bond acceptors (Lipinski definition) is 4. The van der Waals surface area contributed by atoms with Gasteiger partial charge in [0, 0.05) is 0 Å². The van der Waals surface area contributed by atoms with Crippen LogP contribution in [0.2, 0.25) is 0 Å². The molecule has 0 fully saturated rings. The Hall–Kier alpha value is -1.08. The smallest absolute Gasteiger partial charge is 0.335 e. The van der Waals surface area contributed by atoms with E-state index in [1.54, 1.807) is 6.07 Å². The lowest BCUT2D eigenvalue weighted by Gasteiger charge is -2.00. The fraction of sp³-hybridized carbons (Fsp3) is 0.600. The summed E-state index contributed by atoms with van der Waals surface area (Å²) in [6.07, 6.45) is -1.51. The molecule has 0 heterocycles. The minimum absolute atomic E-state index is 0.216. The number of rotatable bonds is 2. The van der Waals surface area contributed by atoms with Gasteiger partial charge in [-0.25, -0.2) is 4.79 Å². The molecule has 0 radical (unpaired) electrons. The van der Waals surface area contributed by atoms with Crippen LogP contribution in [0.4, 0.5) is 0 Å². The zero-order valence-electron chi connectivity index (χ0n) is 5.00. The molecule has 0 saturated carbocycles. The van der Waals surface area contributed by atoms with Crippen LogP contribution in [-0.4, -0.2) is 24.3 Å². The van der Waals surface area contributed by atoms with Crippen LogP contribution in [0.5, 0.6) is 0 Å². The first kappa shape index (κ1) is 7.92. The Morgan fingerprint density at radius 1 is 2.00 bits per heavy atom. The number of nitriles is 1. The van der Waals surface area contributed by atoms with E-state index in [0.717, 1.165) is 7.11 Å². The van der Waals surface area contributed by atoms with E-state index in [-0.39, 0.29) is 6.42 Å². The zero-order chi connectivity index (χ0) is 7.28. The largest absolute Gasteiger partial charge is 0.467 e. The molecule has 0 aromatic rings. The van der Waals surface area contributed by atoms with Crippen molar-refractivity contribution in [3.63, 3.8) is 0 Å². The fourth-order valence-corrected chi connectivity index (χ4v) is 0.306. The SMILES string of the molecule is COC(=O)[C@@H](O)CC#N. The van der Waals surface area contributed by atoms with Gasteiger partial charge in [-0.3, -0.25) is 0 Å². The van der Waals surface area contributed by atoms with E-state index < -0.39 is 12.1 Å². The van der Waals surface area contributed by atoms with Gasteiger partial charge in [0.1, 0.15) is 0 Å². The van der Waals surface area contributed by atoms with Crippen LogP contribution in [-0.2, 0) is 9.53 Å². The third-order valence-electron chi connectivity index (χ3n) is 0.758. The van der Waals surface area contributed by atoms with Crippen LogP contribution in [0.1, 0.15) is 6.42 Å². The number of methoxy groups -OCH3 is 1. The molecule has 0 rings (SSSR count). The van der Waals surface area contributed by atoms with Crippen molar-refractivity contribution in [2.45, 2.75) is 12.5 Å². The second-order valence-electron chi connectivity index (χ2n) is 1.40. The number of esters is 1. The van der Waals surface area contributed by atoms with E-state index in [2.05, 4.69) is 4.74 Å². The summed E-state index contributed by atoms with van der Waals surface area (Å²) in [5, 5.41) is 16.6. The molecule has 0 aliphatic heterocycles. The van der Waals surface area contributed by atoms with E-state index in [9.17, 15) is 4.79 Å².